The Morgan fingerprint density at radius 3 is 1.76 bits per heavy atom. The van der Waals surface area contributed by atoms with Gasteiger partial charge in [0, 0.05) is 6.07 Å². The Bertz CT molecular complexity index is 773. The molecule has 0 saturated heterocycles. The van der Waals surface area contributed by atoms with Crippen molar-refractivity contribution in [3.8, 4) is 28.7 Å². The molecule has 7 heteroatoms. The van der Waals surface area contributed by atoms with Gasteiger partial charge in [-0.2, -0.15) is 0 Å². The average Bonchev–Trinajstić information content (AvgIpc) is 2.52. The molecule has 0 bridgehead atoms. The van der Waals surface area contributed by atoms with Crippen molar-refractivity contribution in [2.45, 2.75) is 20.8 Å². The zero-order valence-electron chi connectivity index (χ0n) is 14.0. The molecule has 25 heavy (non-hydrogen) atoms. The molecule has 2 N–H and O–H groups in total. The molecule has 0 aliphatic heterocycles. The molecular formula is C18H18O7. The molecule has 2 aromatic rings. The van der Waals surface area contributed by atoms with Crippen LogP contribution in [0.1, 0.15) is 20.8 Å². The van der Waals surface area contributed by atoms with Crippen LogP contribution in [0.5, 0.6) is 28.7 Å². The van der Waals surface area contributed by atoms with E-state index in [0.29, 0.717) is 5.75 Å². The van der Waals surface area contributed by atoms with E-state index in [-0.39, 0.29) is 23.2 Å². The Balaban J connectivity index is 1.95. The number of aromatic hydroxyl groups is 2. The molecule has 0 aliphatic carbocycles. The minimum atomic E-state index is -1.02. The van der Waals surface area contributed by atoms with Gasteiger partial charge in [-0.15, -0.1) is 0 Å². The maximum absolute atomic E-state index is 11.8. The Morgan fingerprint density at radius 1 is 0.760 bits per heavy atom. The van der Waals surface area contributed by atoms with Gasteiger partial charge >= 0.3 is 12.1 Å². The first-order valence-corrected chi connectivity index (χ1v) is 7.39. The number of esters is 1. The lowest BCUT2D eigenvalue weighted by Gasteiger charge is -2.16. The highest BCUT2D eigenvalue weighted by Gasteiger charge is 2.23. The van der Waals surface area contributed by atoms with E-state index in [1.165, 1.54) is 36.4 Å². The molecule has 7 nitrogen and oxygen atoms in total. The molecule has 0 aromatic heterocycles. The molecule has 0 heterocycles. The van der Waals surface area contributed by atoms with Crippen LogP contribution < -0.4 is 14.2 Å². The van der Waals surface area contributed by atoms with Crippen LogP contribution in [-0.2, 0) is 4.79 Å². The van der Waals surface area contributed by atoms with Crippen molar-refractivity contribution >= 4 is 12.1 Å². The van der Waals surface area contributed by atoms with Crippen molar-refractivity contribution in [2.24, 2.45) is 5.41 Å². The number of rotatable bonds is 3. The fourth-order valence-corrected chi connectivity index (χ4v) is 1.62. The van der Waals surface area contributed by atoms with E-state index in [1.807, 2.05) is 0 Å². The van der Waals surface area contributed by atoms with E-state index >= 15 is 0 Å². The van der Waals surface area contributed by atoms with Crippen LogP contribution in [0.25, 0.3) is 0 Å². The fourth-order valence-electron chi connectivity index (χ4n) is 1.62. The van der Waals surface area contributed by atoms with Crippen molar-refractivity contribution in [2.75, 3.05) is 0 Å². The first-order chi connectivity index (χ1) is 11.6. The maximum Gasteiger partial charge on any atom is 0.519 e. The van der Waals surface area contributed by atoms with E-state index < -0.39 is 17.3 Å². The molecule has 0 unspecified atom stereocenters. The van der Waals surface area contributed by atoms with Crippen LogP contribution >= 0.6 is 0 Å². The van der Waals surface area contributed by atoms with Crippen molar-refractivity contribution in [1.82, 2.24) is 0 Å². The third-order valence-electron chi connectivity index (χ3n) is 3.00. The van der Waals surface area contributed by atoms with Gasteiger partial charge in [-0.1, -0.05) is 0 Å². The number of ether oxygens (including phenoxy) is 3. The topological polar surface area (TPSA) is 102 Å². The SMILES string of the molecule is CC(C)(C)C(=O)Oc1ccc(OC(=O)Oc2ccc(O)c(O)c2)cc1. The second kappa shape index (κ2) is 7.12. The number of phenolic OH excluding ortho intramolecular Hbond substituents is 2. The predicted molar refractivity (Wildman–Crippen MR) is 88.0 cm³/mol. The van der Waals surface area contributed by atoms with Gasteiger partial charge in [0.2, 0.25) is 0 Å². The molecule has 2 aromatic carbocycles. The smallest absolute Gasteiger partial charge is 0.504 e. The molecule has 0 spiro atoms. The Hall–Kier alpha value is -3.22. The second-order valence-electron chi connectivity index (χ2n) is 6.22. The standard InChI is InChI=1S/C18H18O7/c1-18(2,3)16(21)23-11-4-6-12(7-5-11)24-17(22)25-13-8-9-14(19)15(20)10-13/h4-10,19-20H,1-3H3. The van der Waals surface area contributed by atoms with Gasteiger partial charge < -0.3 is 24.4 Å². The van der Waals surface area contributed by atoms with Crippen LogP contribution in [0.3, 0.4) is 0 Å². The van der Waals surface area contributed by atoms with Gasteiger partial charge in [0.15, 0.2) is 11.5 Å². The van der Waals surface area contributed by atoms with Gasteiger partial charge in [-0.25, -0.2) is 4.79 Å². The van der Waals surface area contributed by atoms with Crippen molar-refractivity contribution in [3.05, 3.63) is 42.5 Å². The van der Waals surface area contributed by atoms with Crippen molar-refractivity contribution in [3.63, 3.8) is 0 Å². The van der Waals surface area contributed by atoms with E-state index in [1.54, 1.807) is 20.8 Å². The van der Waals surface area contributed by atoms with Crippen molar-refractivity contribution < 1.29 is 34.0 Å². The number of hydrogen-bond donors (Lipinski definition) is 2. The monoisotopic (exact) mass is 346 g/mol. The van der Waals surface area contributed by atoms with Gasteiger partial charge in [0.05, 0.1) is 5.41 Å². The predicted octanol–water partition coefficient (Wildman–Crippen LogP) is 3.63. The summed E-state index contributed by atoms with van der Waals surface area (Å²) in [5.74, 6) is -0.618. The summed E-state index contributed by atoms with van der Waals surface area (Å²) in [6.45, 7) is 5.22. The fraction of sp³-hybridized carbons (Fsp3) is 0.222. The quantitative estimate of drug-likeness (QED) is 0.379. The lowest BCUT2D eigenvalue weighted by molar-refractivity contribution is -0.143. The zero-order valence-corrected chi connectivity index (χ0v) is 14.0. The number of carbonyl (C=O) groups is 2. The average molecular weight is 346 g/mol. The molecular weight excluding hydrogens is 328 g/mol. The molecule has 2 rings (SSSR count). The van der Waals surface area contributed by atoms with Gasteiger partial charge in [-0.05, 0) is 57.2 Å². The van der Waals surface area contributed by atoms with Crippen LogP contribution in [0, 0.1) is 5.41 Å². The van der Waals surface area contributed by atoms with Crippen LogP contribution in [0.4, 0.5) is 4.79 Å². The zero-order chi connectivity index (χ0) is 18.6. The number of phenols is 2. The minimum Gasteiger partial charge on any atom is -0.504 e. The summed E-state index contributed by atoms with van der Waals surface area (Å²) in [4.78, 5) is 23.5. The minimum absolute atomic E-state index is 0.0102. The number of carbonyl (C=O) groups excluding carboxylic acids is 2. The Labute approximate surface area is 144 Å². The summed E-state index contributed by atoms with van der Waals surface area (Å²) >= 11 is 0. The third-order valence-corrected chi connectivity index (χ3v) is 3.00. The van der Waals surface area contributed by atoms with Crippen LogP contribution in [0.2, 0.25) is 0 Å². The summed E-state index contributed by atoms with van der Waals surface area (Å²) in [6.07, 6.45) is -1.02. The summed E-state index contributed by atoms with van der Waals surface area (Å²) < 4.78 is 15.0. The number of benzene rings is 2. The summed E-state index contributed by atoms with van der Waals surface area (Å²) in [5.41, 5.74) is -0.630. The van der Waals surface area contributed by atoms with E-state index in [0.717, 1.165) is 6.07 Å². The molecule has 0 aliphatic rings. The first-order valence-electron chi connectivity index (χ1n) is 7.39. The highest BCUT2D eigenvalue weighted by atomic mass is 16.7. The first kappa shape index (κ1) is 18.1. The molecule has 0 fully saturated rings. The highest BCUT2D eigenvalue weighted by Crippen LogP contribution is 2.29. The molecule has 0 saturated carbocycles. The van der Waals surface area contributed by atoms with E-state index in [2.05, 4.69) is 0 Å². The van der Waals surface area contributed by atoms with Crippen LogP contribution in [-0.4, -0.2) is 22.3 Å². The lowest BCUT2D eigenvalue weighted by Crippen LogP contribution is -2.25. The van der Waals surface area contributed by atoms with Gasteiger partial charge in [-0.3, -0.25) is 4.79 Å². The Kier molecular flexibility index (Phi) is 5.17. The largest absolute Gasteiger partial charge is 0.519 e. The molecule has 132 valence electrons. The maximum atomic E-state index is 11.8. The van der Waals surface area contributed by atoms with E-state index in [9.17, 15) is 19.8 Å². The van der Waals surface area contributed by atoms with Gasteiger partial charge in [0.1, 0.15) is 17.2 Å². The number of hydrogen-bond acceptors (Lipinski definition) is 7. The van der Waals surface area contributed by atoms with Crippen molar-refractivity contribution in [1.29, 1.82) is 0 Å². The molecule has 0 amide bonds. The Morgan fingerprint density at radius 2 is 1.24 bits per heavy atom. The summed E-state index contributed by atoms with van der Waals surface area (Å²) in [5, 5.41) is 18.5. The summed E-state index contributed by atoms with van der Waals surface area (Å²) in [6, 6.07) is 9.41. The normalized spacial score (nSPS) is 10.8. The molecule has 0 radical (unpaired) electrons. The third kappa shape index (κ3) is 5.13. The van der Waals surface area contributed by atoms with Crippen LogP contribution in [0.15, 0.2) is 42.5 Å². The summed E-state index contributed by atoms with van der Waals surface area (Å²) in [7, 11) is 0. The van der Waals surface area contributed by atoms with Gasteiger partial charge in [0.25, 0.3) is 0 Å². The molecule has 0 atom stereocenters. The van der Waals surface area contributed by atoms with E-state index in [4.69, 9.17) is 14.2 Å². The lowest BCUT2D eigenvalue weighted by atomic mass is 9.97. The highest BCUT2D eigenvalue weighted by molar-refractivity contribution is 5.77. The second-order valence-corrected chi connectivity index (χ2v) is 6.22.